The Hall–Kier alpha value is -1.80. The van der Waals surface area contributed by atoms with Crippen molar-refractivity contribution in [1.29, 1.82) is 0 Å². The molecule has 0 spiro atoms. The van der Waals surface area contributed by atoms with Crippen LogP contribution in [0, 0.1) is 0 Å². The number of hydrogen-bond donors (Lipinski definition) is 2. The van der Waals surface area contributed by atoms with E-state index in [0.29, 0.717) is 10.1 Å². The van der Waals surface area contributed by atoms with Crippen molar-refractivity contribution < 1.29 is 22.8 Å². The third-order valence-corrected chi connectivity index (χ3v) is 4.60. The molecule has 24 heavy (non-hydrogen) atoms. The lowest BCUT2D eigenvalue weighted by Crippen LogP contribution is -2.40. The van der Waals surface area contributed by atoms with Crippen molar-refractivity contribution in [2.24, 2.45) is 0 Å². The van der Waals surface area contributed by atoms with E-state index < -0.39 is 23.5 Å². The molecule has 1 aromatic heterocycles. The van der Waals surface area contributed by atoms with Crippen molar-refractivity contribution in [1.82, 2.24) is 5.32 Å². The molecule has 0 aliphatic rings. The summed E-state index contributed by atoms with van der Waals surface area (Å²) in [6, 6.07) is 4.36. The molecule has 0 fully saturated rings. The fraction of sp³-hybridized carbons (Fsp3) is 0.333. The van der Waals surface area contributed by atoms with Gasteiger partial charge in [-0.25, -0.2) is 0 Å². The number of amides is 2. The van der Waals surface area contributed by atoms with Crippen molar-refractivity contribution >= 4 is 50.5 Å². The van der Waals surface area contributed by atoms with Crippen molar-refractivity contribution in [2.45, 2.75) is 32.5 Å². The van der Waals surface area contributed by atoms with Gasteiger partial charge in [0.2, 0.25) is 0 Å². The maximum atomic E-state index is 12.4. The van der Waals surface area contributed by atoms with Gasteiger partial charge in [0.1, 0.15) is 4.88 Å². The van der Waals surface area contributed by atoms with E-state index in [1.54, 1.807) is 26.8 Å². The van der Waals surface area contributed by atoms with Crippen LogP contribution in [0.2, 0.25) is 5.02 Å². The van der Waals surface area contributed by atoms with E-state index in [2.05, 4.69) is 5.32 Å². The van der Waals surface area contributed by atoms with E-state index in [-0.39, 0.29) is 15.6 Å². The van der Waals surface area contributed by atoms with Gasteiger partial charge in [-0.1, -0.05) is 23.7 Å². The fourth-order valence-corrected chi connectivity index (χ4v) is 3.40. The van der Waals surface area contributed by atoms with E-state index in [0.717, 1.165) is 11.3 Å². The summed E-state index contributed by atoms with van der Waals surface area (Å²) in [6.45, 7) is 5.38. The van der Waals surface area contributed by atoms with Crippen LogP contribution in [-0.2, 0) is 4.79 Å². The Morgan fingerprint density at radius 3 is 2.33 bits per heavy atom. The van der Waals surface area contributed by atoms with Crippen LogP contribution in [0.15, 0.2) is 18.2 Å². The van der Waals surface area contributed by atoms with Crippen molar-refractivity contribution in [3.63, 3.8) is 0 Å². The van der Waals surface area contributed by atoms with Gasteiger partial charge in [0.25, 0.3) is 5.91 Å². The van der Waals surface area contributed by atoms with Crippen LogP contribution in [0.3, 0.4) is 0 Å². The average Bonchev–Trinajstić information content (AvgIpc) is 2.75. The molecule has 0 atom stereocenters. The van der Waals surface area contributed by atoms with Crippen LogP contribution >= 0.6 is 22.9 Å². The molecule has 0 bridgehead atoms. The van der Waals surface area contributed by atoms with Crippen LogP contribution in [-0.4, -0.2) is 23.5 Å². The van der Waals surface area contributed by atoms with Crippen LogP contribution < -0.4 is 10.6 Å². The molecule has 0 saturated carbocycles. The zero-order valence-electron chi connectivity index (χ0n) is 13.0. The molecule has 0 aliphatic heterocycles. The minimum atomic E-state index is -5.00. The summed E-state index contributed by atoms with van der Waals surface area (Å²) in [7, 11) is 0. The number of hydrogen-bond acceptors (Lipinski definition) is 3. The Kier molecular flexibility index (Phi) is 4.83. The topological polar surface area (TPSA) is 58.2 Å². The van der Waals surface area contributed by atoms with Crippen LogP contribution in [0.4, 0.5) is 18.9 Å². The smallest absolute Gasteiger partial charge is 0.347 e. The maximum Gasteiger partial charge on any atom is 0.471 e. The molecule has 1 heterocycles. The number of halogens is 4. The van der Waals surface area contributed by atoms with Gasteiger partial charge in [0.15, 0.2) is 0 Å². The zero-order valence-corrected chi connectivity index (χ0v) is 14.5. The molecule has 2 rings (SSSR count). The maximum absolute atomic E-state index is 12.4. The highest BCUT2D eigenvalue weighted by atomic mass is 35.5. The molecule has 2 aromatic rings. The normalized spacial score (nSPS) is 12.3. The second-order valence-corrected chi connectivity index (χ2v) is 7.48. The van der Waals surface area contributed by atoms with Crippen LogP contribution in [0.5, 0.6) is 0 Å². The number of nitrogens with one attached hydrogen (secondary N) is 2. The lowest BCUT2D eigenvalue weighted by Gasteiger charge is -2.19. The first-order chi connectivity index (χ1) is 10.9. The summed E-state index contributed by atoms with van der Waals surface area (Å²) < 4.78 is 37.6. The molecular formula is C15H14ClF3N2O2S. The standard InChI is InChI=1S/C15H14ClF3N2O2S/c1-14(2,3)21-12(22)11-9(16)7-5-4-6-8(10(7)24-11)20-13(23)15(17,18)19/h4-6H,1-3H3,(H,20,23)(H,21,22). The predicted molar refractivity (Wildman–Crippen MR) is 88.7 cm³/mol. The molecular weight excluding hydrogens is 365 g/mol. The van der Waals surface area contributed by atoms with Gasteiger partial charge in [-0.2, -0.15) is 13.2 Å². The van der Waals surface area contributed by atoms with Crippen molar-refractivity contribution in [3.8, 4) is 0 Å². The number of alkyl halides is 3. The number of fused-ring (bicyclic) bond motifs is 1. The minimum absolute atomic E-state index is 0.0449. The molecule has 0 aliphatic carbocycles. The highest BCUT2D eigenvalue weighted by Crippen LogP contribution is 2.39. The third kappa shape index (κ3) is 3.99. The molecule has 0 saturated heterocycles. The SMILES string of the molecule is CC(C)(C)NC(=O)c1sc2c(NC(=O)C(F)(F)F)cccc2c1Cl. The summed E-state index contributed by atoms with van der Waals surface area (Å²) in [5.74, 6) is -2.51. The minimum Gasteiger partial charge on any atom is -0.347 e. The quantitative estimate of drug-likeness (QED) is 0.803. The Balaban J connectivity index is 2.46. The molecule has 0 radical (unpaired) electrons. The summed E-state index contributed by atoms with van der Waals surface area (Å²) in [5.41, 5.74) is -0.541. The lowest BCUT2D eigenvalue weighted by molar-refractivity contribution is -0.167. The highest BCUT2D eigenvalue weighted by molar-refractivity contribution is 7.22. The Labute approximate surface area is 145 Å². The van der Waals surface area contributed by atoms with Crippen LogP contribution in [0.25, 0.3) is 10.1 Å². The predicted octanol–water partition coefficient (Wildman–Crippen LogP) is 4.58. The summed E-state index contributed by atoms with van der Waals surface area (Å²) >= 11 is 7.12. The number of rotatable bonds is 2. The molecule has 2 amide bonds. The third-order valence-electron chi connectivity index (χ3n) is 2.86. The summed E-state index contributed by atoms with van der Waals surface area (Å²) in [5, 5.41) is 5.09. The number of benzene rings is 1. The second-order valence-electron chi connectivity index (χ2n) is 6.08. The molecule has 0 unspecified atom stereocenters. The van der Waals surface area contributed by atoms with Gasteiger partial charge >= 0.3 is 12.1 Å². The van der Waals surface area contributed by atoms with E-state index in [4.69, 9.17) is 11.6 Å². The molecule has 4 nitrogen and oxygen atoms in total. The van der Waals surface area contributed by atoms with Crippen molar-refractivity contribution in [2.75, 3.05) is 5.32 Å². The fourth-order valence-electron chi connectivity index (χ4n) is 1.92. The number of carbonyl (C=O) groups excluding carboxylic acids is 2. The Morgan fingerprint density at radius 1 is 1.17 bits per heavy atom. The first-order valence-electron chi connectivity index (χ1n) is 6.82. The van der Waals surface area contributed by atoms with E-state index in [9.17, 15) is 22.8 Å². The van der Waals surface area contributed by atoms with Crippen LogP contribution in [0.1, 0.15) is 30.4 Å². The Morgan fingerprint density at radius 2 is 1.79 bits per heavy atom. The average molecular weight is 379 g/mol. The van der Waals surface area contributed by atoms with E-state index in [1.165, 1.54) is 12.1 Å². The zero-order chi connectivity index (χ0) is 18.3. The van der Waals surface area contributed by atoms with E-state index in [1.807, 2.05) is 5.32 Å². The molecule has 130 valence electrons. The first-order valence-corrected chi connectivity index (χ1v) is 8.01. The summed E-state index contributed by atoms with van der Waals surface area (Å²) in [6.07, 6.45) is -5.00. The lowest BCUT2D eigenvalue weighted by atomic mass is 10.1. The van der Waals surface area contributed by atoms with Crippen molar-refractivity contribution in [3.05, 3.63) is 28.1 Å². The first kappa shape index (κ1) is 18.5. The molecule has 9 heteroatoms. The largest absolute Gasteiger partial charge is 0.471 e. The second kappa shape index (κ2) is 6.25. The van der Waals surface area contributed by atoms with Gasteiger partial charge < -0.3 is 10.6 Å². The number of anilines is 1. The van der Waals surface area contributed by atoms with Gasteiger partial charge in [-0.15, -0.1) is 11.3 Å². The van der Waals surface area contributed by atoms with Gasteiger partial charge in [-0.05, 0) is 26.8 Å². The number of thiophene rings is 1. The highest BCUT2D eigenvalue weighted by Gasteiger charge is 2.39. The molecule has 1 aromatic carbocycles. The summed E-state index contributed by atoms with van der Waals surface area (Å²) in [4.78, 5) is 23.6. The van der Waals surface area contributed by atoms with Gasteiger partial charge in [0.05, 0.1) is 15.4 Å². The van der Waals surface area contributed by atoms with E-state index >= 15 is 0 Å². The Bertz CT molecular complexity index is 809. The monoisotopic (exact) mass is 378 g/mol. The van der Waals surface area contributed by atoms with Gasteiger partial charge in [-0.3, -0.25) is 9.59 Å². The molecule has 2 N–H and O–H groups in total. The number of carbonyl (C=O) groups is 2. The van der Waals surface area contributed by atoms with Gasteiger partial charge in [0, 0.05) is 10.9 Å².